The molecule has 25 heavy (non-hydrogen) atoms. The number of rotatable bonds is 5. The Hall–Kier alpha value is -2.63. The third kappa shape index (κ3) is 3.57. The van der Waals surface area contributed by atoms with Crippen molar-refractivity contribution >= 4 is 29.4 Å². The molecule has 6 nitrogen and oxygen atoms in total. The van der Waals surface area contributed by atoms with Crippen molar-refractivity contribution in [1.29, 1.82) is 10.5 Å². The fourth-order valence-electron chi connectivity index (χ4n) is 3.07. The number of aryl methyl sites for hydroxylation is 1. The lowest BCUT2D eigenvalue weighted by atomic mass is 10.1. The van der Waals surface area contributed by atoms with E-state index in [9.17, 15) is 4.57 Å². The summed E-state index contributed by atoms with van der Waals surface area (Å²) in [4.78, 5) is 18.0. The summed E-state index contributed by atoms with van der Waals surface area (Å²) in [6.45, 7) is 0.609. The van der Waals surface area contributed by atoms with Gasteiger partial charge in [-0.2, -0.15) is 10.5 Å². The molecule has 7 heteroatoms. The van der Waals surface area contributed by atoms with Crippen LogP contribution < -0.4 is 0 Å². The van der Waals surface area contributed by atoms with E-state index in [-0.39, 0.29) is 6.16 Å². The predicted molar refractivity (Wildman–Crippen MR) is 95.0 cm³/mol. The Morgan fingerprint density at radius 1 is 0.920 bits per heavy atom. The van der Waals surface area contributed by atoms with Crippen LogP contribution in [0.2, 0.25) is 0 Å². The van der Waals surface area contributed by atoms with Crippen molar-refractivity contribution in [2.45, 2.75) is 19.4 Å². The molecule has 0 atom stereocenters. The average Bonchev–Trinajstić information content (AvgIpc) is 2.90. The lowest BCUT2D eigenvalue weighted by Crippen LogP contribution is -1.99. The summed E-state index contributed by atoms with van der Waals surface area (Å²) in [7, 11) is -3.97. The summed E-state index contributed by atoms with van der Waals surface area (Å²) in [5.74, 6) is 0. The Bertz CT molecular complexity index is 1010. The molecule has 0 amide bonds. The lowest BCUT2D eigenvalue weighted by Gasteiger charge is -2.08. The molecule has 3 rings (SSSR count). The number of hydrogen-bond acceptors (Lipinski definition) is 3. The largest absolute Gasteiger partial charge is 0.340 e. The van der Waals surface area contributed by atoms with Crippen LogP contribution in [0, 0.1) is 22.7 Å². The van der Waals surface area contributed by atoms with Crippen molar-refractivity contribution in [1.82, 2.24) is 4.57 Å². The van der Waals surface area contributed by atoms with E-state index in [0.29, 0.717) is 30.5 Å². The Labute approximate surface area is 144 Å². The first-order valence-electron chi connectivity index (χ1n) is 7.84. The number of aromatic nitrogens is 1. The minimum atomic E-state index is -3.97. The smallest absolute Gasteiger partial charge is 0.325 e. The normalized spacial score (nSPS) is 11.5. The third-order valence-electron chi connectivity index (χ3n) is 4.20. The standard InChI is InChI=1S/C18H16N3O3P/c19-11-13-3-5-17-15(9-13)16-10-14(12-20)4-6-18(16)21(17)7-1-2-8-25(22,23)24/h3-6,9-10H,1-2,7-8H2,(H2,22,23,24). The second kappa shape index (κ2) is 6.70. The van der Waals surface area contributed by atoms with Crippen molar-refractivity contribution in [2.75, 3.05) is 6.16 Å². The first kappa shape index (κ1) is 17.2. The van der Waals surface area contributed by atoms with E-state index in [0.717, 1.165) is 21.8 Å². The van der Waals surface area contributed by atoms with E-state index >= 15 is 0 Å². The first-order chi connectivity index (χ1) is 11.9. The highest BCUT2D eigenvalue weighted by Crippen LogP contribution is 2.36. The SMILES string of the molecule is N#Cc1ccc2c(c1)c1cc(C#N)ccc1n2CCCCP(=O)(O)O. The monoisotopic (exact) mass is 353 g/mol. The highest BCUT2D eigenvalue weighted by molar-refractivity contribution is 7.51. The van der Waals surface area contributed by atoms with Gasteiger partial charge in [-0.05, 0) is 49.2 Å². The van der Waals surface area contributed by atoms with Gasteiger partial charge in [-0.25, -0.2) is 0 Å². The highest BCUT2D eigenvalue weighted by atomic mass is 31.2. The summed E-state index contributed by atoms with van der Waals surface area (Å²) in [6, 6.07) is 15.1. The number of hydrogen-bond donors (Lipinski definition) is 2. The third-order valence-corrected chi connectivity index (χ3v) is 5.10. The molecule has 0 aliphatic heterocycles. The van der Waals surface area contributed by atoms with E-state index < -0.39 is 7.60 Å². The van der Waals surface area contributed by atoms with Gasteiger partial charge in [0, 0.05) is 34.5 Å². The molecular weight excluding hydrogens is 337 g/mol. The van der Waals surface area contributed by atoms with Gasteiger partial charge in [0.2, 0.25) is 0 Å². The second-order valence-electron chi connectivity index (χ2n) is 5.93. The predicted octanol–water partition coefficient (Wildman–Crippen LogP) is 3.50. The van der Waals surface area contributed by atoms with Gasteiger partial charge >= 0.3 is 7.60 Å². The molecule has 0 aliphatic carbocycles. The van der Waals surface area contributed by atoms with Crippen molar-refractivity contribution in [2.24, 2.45) is 0 Å². The van der Waals surface area contributed by atoms with Crippen molar-refractivity contribution in [3.63, 3.8) is 0 Å². The maximum atomic E-state index is 11.0. The maximum Gasteiger partial charge on any atom is 0.325 e. The molecule has 126 valence electrons. The van der Waals surface area contributed by atoms with Crippen molar-refractivity contribution < 1.29 is 14.4 Å². The number of unbranched alkanes of at least 4 members (excludes halogenated alkanes) is 1. The van der Waals surface area contributed by atoms with E-state index in [1.165, 1.54) is 0 Å². The van der Waals surface area contributed by atoms with E-state index in [4.69, 9.17) is 20.3 Å². The maximum absolute atomic E-state index is 11.0. The van der Waals surface area contributed by atoms with Crippen LogP contribution in [0.15, 0.2) is 36.4 Å². The van der Waals surface area contributed by atoms with Crippen LogP contribution in [0.4, 0.5) is 0 Å². The molecule has 1 aromatic heterocycles. The molecule has 0 radical (unpaired) electrons. The first-order valence-corrected chi connectivity index (χ1v) is 9.63. The summed E-state index contributed by atoms with van der Waals surface area (Å²) in [6.07, 6.45) is 0.934. The van der Waals surface area contributed by atoms with Gasteiger partial charge in [0.1, 0.15) is 0 Å². The van der Waals surface area contributed by atoms with Crippen LogP contribution in [0.3, 0.4) is 0 Å². The summed E-state index contributed by atoms with van der Waals surface area (Å²) >= 11 is 0. The zero-order valence-electron chi connectivity index (χ0n) is 13.4. The van der Waals surface area contributed by atoms with Crippen LogP contribution in [0.25, 0.3) is 21.8 Å². The average molecular weight is 353 g/mol. The minimum absolute atomic E-state index is 0.124. The van der Waals surface area contributed by atoms with Crippen LogP contribution >= 0.6 is 7.60 Å². The molecule has 0 aliphatic rings. The molecule has 2 aromatic carbocycles. The van der Waals surface area contributed by atoms with Crippen LogP contribution in [-0.4, -0.2) is 20.5 Å². The molecule has 0 spiro atoms. The van der Waals surface area contributed by atoms with Gasteiger partial charge in [-0.1, -0.05) is 0 Å². The summed E-state index contributed by atoms with van der Waals surface area (Å²) in [5.41, 5.74) is 2.99. The van der Waals surface area contributed by atoms with Gasteiger partial charge in [-0.3, -0.25) is 4.57 Å². The number of benzene rings is 2. The van der Waals surface area contributed by atoms with E-state index in [1.54, 1.807) is 12.1 Å². The van der Waals surface area contributed by atoms with Gasteiger partial charge in [0.15, 0.2) is 0 Å². The van der Waals surface area contributed by atoms with Gasteiger partial charge in [0.05, 0.1) is 23.3 Å². The van der Waals surface area contributed by atoms with E-state index in [1.807, 2.05) is 24.3 Å². The Balaban J connectivity index is 2.05. The topological polar surface area (TPSA) is 110 Å². The molecule has 0 unspecified atom stereocenters. The van der Waals surface area contributed by atoms with Gasteiger partial charge < -0.3 is 14.4 Å². The van der Waals surface area contributed by atoms with Crippen LogP contribution in [0.1, 0.15) is 24.0 Å². The second-order valence-corrected chi connectivity index (χ2v) is 7.71. The number of nitriles is 2. The summed E-state index contributed by atoms with van der Waals surface area (Å²) in [5, 5.41) is 20.1. The lowest BCUT2D eigenvalue weighted by molar-refractivity contribution is 0.370. The summed E-state index contributed by atoms with van der Waals surface area (Å²) < 4.78 is 13.1. The molecule has 3 aromatic rings. The fourth-order valence-corrected chi connectivity index (χ4v) is 3.71. The number of fused-ring (bicyclic) bond motifs is 3. The van der Waals surface area contributed by atoms with Crippen molar-refractivity contribution in [3.05, 3.63) is 47.5 Å². The van der Waals surface area contributed by atoms with Crippen LogP contribution in [0.5, 0.6) is 0 Å². The molecule has 0 fully saturated rings. The van der Waals surface area contributed by atoms with Crippen molar-refractivity contribution in [3.8, 4) is 12.1 Å². The highest BCUT2D eigenvalue weighted by Gasteiger charge is 2.14. The Kier molecular flexibility index (Phi) is 4.61. The zero-order chi connectivity index (χ0) is 18.0. The molecule has 2 N–H and O–H groups in total. The quantitative estimate of drug-likeness (QED) is 0.539. The molecular formula is C18H16N3O3P. The molecule has 0 bridgehead atoms. The fraction of sp³-hybridized carbons (Fsp3) is 0.222. The van der Waals surface area contributed by atoms with Crippen LogP contribution in [-0.2, 0) is 11.1 Å². The van der Waals surface area contributed by atoms with Gasteiger partial charge in [0.25, 0.3) is 0 Å². The molecule has 0 saturated carbocycles. The minimum Gasteiger partial charge on any atom is -0.340 e. The number of nitrogens with zero attached hydrogens (tertiary/aromatic N) is 3. The van der Waals surface area contributed by atoms with Gasteiger partial charge in [-0.15, -0.1) is 0 Å². The Morgan fingerprint density at radius 2 is 1.44 bits per heavy atom. The zero-order valence-corrected chi connectivity index (χ0v) is 14.3. The molecule has 1 heterocycles. The molecule has 0 saturated heterocycles. The Morgan fingerprint density at radius 3 is 1.88 bits per heavy atom. The van der Waals surface area contributed by atoms with E-state index in [2.05, 4.69) is 16.7 Å².